The highest BCUT2D eigenvalue weighted by molar-refractivity contribution is 6.09. The van der Waals surface area contributed by atoms with Crippen molar-refractivity contribution in [3.63, 3.8) is 0 Å². The molecule has 0 saturated carbocycles. The molecule has 3 heterocycles. The lowest BCUT2D eigenvalue weighted by atomic mass is 9.75. The summed E-state index contributed by atoms with van der Waals surface area (Å²) < 4.78 is 10.8. The third-order valence-electron chi connectivity index (χ3n) is 10.1. The van der Waals surface area contributed by atoms with E-state index in [1.165, 1.54) is 49.7 Å². The summed E-state index contributed by atoms with van der Waals surface area (Å²) in [7, 11) is 0. The summed E-state index contributed by atoms with van der Waals surface area (Å²) in [4.78, 5) is 4.73. The zero-order chi connectivity index (χ0) is 35.1. The summed E-state index contributed by atoms with van der Waals surface area (Å²) in [6.45, 7) is 18.4. The van der Waals surface area contributed by atoms with Crippen LogP contribution in [0.3, 0.4) is 0 Å². The van der Waals surface area contributed by atoms with Gasteiger partial charge < -0.3 is 4.74 Å². The van der Waals surface area contributed by atoms with Gasteiger partial charge in [-0.3, -0.25) is 4.57 Å². The molecule has 0 aliphatic heterocycles. The van der Waals surface area contributed by atoms with Crippen molar-refractivity contribution >= 4 is 21.8 Å². The van der Waals surface area contributed by atoms with Crippen LogP contribution in [0.1, 0.15) is 93.7 Å². The molecule has 0 unspecified atom stereocenters. The van der Waals surface area contributed by atoms with Gasteiger partial charge in [-0.1, -0.05) is 72.7 Å². The van der Waals surface area contributed by atoms with E-state index in [1.54, 1.807) is 5.56 Å². The predicted octanol–water partition coefficient (Wildman–Crippen LogP) is 12.1. The molecule has 0 amide bonds. The van der Waals surface area contributed by atoms with Crippen LogP contribution in [0.4, 0.5) is 0 Å². The number of hydrogen-bond acceptors (Lipinski definition) is 3. The molecule has 3 aromatic heterocycles. The number of rotatable bonds is 10. The van der Waals surface area contributed by atoms with E-state index in [0.717, 1.165) is 53.3 Å². The number of nitrogens with zero attached hydrogens (tertiary/aromatic N) is 4. The minimum atomic E-state index is 0.409. The fraction of sp³-hybridized carbons (Fsp3) is 0.289. The average molecular weight is 661 g/mol. The fourth-order valence-electron chi connectivity index (χ4n) is 8.10. The van der Waals surface area contributed by atoms with Gasteiger partial charge in [-0.05, 0) is 119 Å². The van der Waals surface area contributed by atoms with E-state index >= 15 is 0 Å². The molecule has 0 fully saturated rings. The Labute approximate surface area is 296 Å². The molecular formula is C45H48N4O. The van der Waals surface area contributed by atoms with Crippen molar-refractivity contribution in [3.8, 4) is 34.1 Å². The van der Waals surface area contributed by atoms with Crippen LogP contribution < -0.4 is 4.74 Å². The van der Waals surface area contributed by atoms with Crippen molar-refractivity contribution in [2.45, 2.75) is 86.5 Å². The second-order valence-corrected chi connectivity index (χ2v) is 14.0. The normalized spacial score (nSPS) is 11.8. The molecule has 0 radical (unpaired) electrons. The maximum Gasteiger partial charge on any atom is 0.137 e. The Hall–Kier alpha value is -5.16. The van der Waals surface area contributed by atoms with Crippen LogP contribution in [0.5, 0.6) is 11.5 Å². The van der Waals surface area contributed by atoms with Gasteiger partial charge in [0.05, 0.1) is 22.9 Å². The minimum Gasteiger partial charge on any atom is -0.457 e. The molecule has 0 atom stereocenters. The van der Waals surface area contributed by atoms with E-state index in [1.807, 2.05) is 29.1 Å². The molecule has 50 heavy (non-hydrogen) atoms. The van der Waals surface area contributed by atoms with Crippen molar-refractivity contribution in [3.05, 3.63) is 131 Å². The van der Waals surface area contributed by atoms with Gasteiger partial charge in [0.1, 0.15) is 17.3 Å². The zero-order valence-electron chi connectivity index (χ0n) is 30.7. The minimum absolute atomic E-state index is 0.409. The Morgan fingerprint density at radius 1 is 0.680 bits per heavy atom. The first-order valence-corrected chi connectivity index (χ1v) is 18.2. The van der Waals surface area contributed by atoms with Crippen molar-refractivity contribution in [2.24, 2.45) is 0 Å². The summed E-state index contributed by atoms with van der Waals surface area (Å²) in [6, 6.07) is 27.2. The number of benzene rings is 4. The van der Waals surface area contributed by atoms with Crippen LogP contribution in [0.2, 0.25) is 0 Å². The molecular weight excluding hydrogens is 613 g/mol. The Morgan fingerprint density at radius 3 is 2.04 bits per heavy atom. The maximum atomic E-state index is 6.56. The summed E-state index contributed by atoms with van der Waals surface area (Å²) in [5.74, 6) is 3.24. The molecule has 254 valence electrons. The Bertz CT molecular complexity index is 2300. The number of fused-ring (bicyclic) bond motifs is 3. The third-order valence-corrected chi connectivity index (χ3v) is 10.1. The van der Waals surface area contributed by atoms with E-state index in [0.29, 0.717) is 11.8 Å². The summed E-state index contributed by atoms with van der Waals surface area (Å²) in [5, 5.41) is 7.29. The second kappa shape index (κ2) is 13.6. The Morgan fingerprint density at radius 2 is 1.36 bits per heavy atom. The summed E-state index contributed by atoms with van der Waals surface area (Å²) in [5.41, 5.74) is 14.4. The van der Waals surface area contributed by atoms with E-state index in [9.17, 15) is 0 Å². The molecule has 0 bridgehead atoms. The third kappa shape index (κ3) is 5.79. The van der Waals surface area contributed by atoms with Gasteiger partial charge in [-0.25, -0.2) is 9.67 Å². The van der Waals surface area contributed by atoms with Crippen molar-refractivity contribution in [2.75, 3.05) is 0 Å². The number of aryl methyl sites for hydroxylation is 1. The van der Waals surface area contributed by atoms with Crippen LogP contribution in [0.25, 0.3) is 44.4 Å². The number of para-hydroxylation sites is 1. The monoisotopic (exact) mass is 660 g/mol. The Kier molecular flexibility index (Phi) is 9.09. The van der Waals surface area contributed by atoms with Gasteiger partial charge in [0.25, 0.3) is 0 Å². The van der Waals surface area contributed by atoms with Crippen molar-refractivity contribution in [1.82, 2.24) is 19.3 Å². The lowest BCUT2D eigenvalue weighted by molar-refractivity contribution is 0.483. The standard InChI is InChI=1S/C45H48N4O/c1-9-35-36(10-2)43(28(4)5)45(44(29(6)7)37(35)11-3)31-26-47-48(27-31)32-15-14-16-33(24-32)50-34-19-20-39-38-17-12-13-18-40(38)49(41(39)25-34)42-23-30(8)21-22-46-42/h12-29H,9-11H2,1-8H3. The second-order valence-electron chi connectivity index (χ2n) is 14.0. The average Bonchev–Trinajstić information content (AvgIpc) is 3.73. The lowest BCUT2D eigenvalue weighted by Gasteiger charge is -2.29. The topological polar surface area (TPSA) is 44.9 Å². The quantitative estimate of drug-likeness (QED) is 0.147. The molecule has 0 saturated heterocycles. The highest BCUT2D eigenvalue weighted by Crippen LogP contribution is 2.44. The SMILES string of the molecule is CCc1c(CC)c(C(C)C)c(-c2cnn(-c3cccc(Oc4ccc5c6ccccc6n(-c6cc(C)ccn6)c5c4)c3)c2)c(C(C)C)c1CC. The van der Waals surface area contributed by atoms with Crippen LogP contribution in [-0.2, 0) is 19.3 Å². The van der Waals surface area contributed by atoms with Crippen LogP contribution in [0.15, 0.2) is 97.5 Å². The Balaban J connectivity index is 1.28. The fourth-order valence-corrected chi connectivity index (χ4v) is 8.10. The molecule has 0 spiro atoms. The summed E-state index contributed by atoms with van der Waals surface area (Å²) in [6.07, 6.45) is 9.27. The zero-order valence-corrected chi connectivity index (χ0v) is 30.7. The molecule has 7 rings (SSSR count). The van der Waals surface area contributed by atoms with Crippen LogP contribution in [-0.4, -0.2) is 19.3 Å². The lowest BCUT2D eigenvalue weighted by Crippen LogP contribution is -2.12. The molecule has 5 nitrogen and oxygen atoms in total. The molecule has 7 aromatic rings. The van der Waals surface area contributed by atoms with Gasteiger partial charge in [0, 0.05) is 40.9 Å². The molecule has 5 heteroatoms. The van der Waals surface area contributed by atoms with Crippen molar-refractivity contribution < 1.29 is 4.74 Å². The van der Waals surface area contributed by atoms with Crippen LogP contribution >= 0.6 is 0 Å². The molecule has 4 aromatic carbocycles. The van der Waals surface area contributed by atoms with E-state index in [2.05, 4.69) is 133 Å². The van der Waals surface area contributed by atoms with E-state index in [4.69, 9.17) is 14.8 Å². The van der Waals surface area contributed by atoms with E-state index in [-0.39, 0.29) is 0 Å². The largest absolute Gasteiger partial charge is 0.457 e. The number of hydrogen-bond donors (Lipinski definition) is 0. The van der Waals surface area contributed by atoms with Gasteiger partial charge in [0.15, 0.2) is 0 Å². The molecule has 0 N–H and O–H groups in total. The van der Waals surface area contributed by atoms with Crippen LogP contribution in [0, 0.1) is 6.92 Å². The predicted molar refractivity (Wildman–Crippen MR) is 209 cm³/mol. The first kappa shape index (κ1) is 33.3. The number of ether oxygens (including phenoxy) is 1. The highest BCUT2D eigenvalue weighted by Gasteiger charge is 2.26. The first-order chi connectivity index (χ1) is 24.2. The van der Waals surface area contributed by atoms with Gasteiger partial charge in [0.2, 0.25) is 0 Å². The number of pyridine rings is 1. The maximum absolute atomic E-state index is 6.56. The summed E-state index contributed by atoms with van der Waals surface area (Å²) >= 11 is 0. The van der Waals surface area contributed by atoms with Gasteiger partial charge >= 0.3 is 0 Å². The van der Waals surface area contributed by atoms with Crippen molar-refractivity contribution in [1.29, 1.82) is 0 Å². The smallest absolute Gasteiger partial charge is 0.137 e. The molecule has 0 aliphatic rings. The highest BCUT2D eigenvalue weighted by atomic mass is 16.5. The number of aromatic nitrogens is 4. The molecule has 0 aliphatic carbocycles. The van der Waals surface area contributed by atoms with Gasteiger partial charge in [-0.2, -0.15) is 5.10 Å². The van der Waals surface area contributed by atoms with Gasteiger partial charge in [-0.15, -0.1) is 0 Å². The van der Waals surface area contributed by atoms with E-state index < -0.39 is 0 Å². The first-order valence-electron chi connectivity index (χ1n) is 18.2.